The van der Waals surface area contributed by atoms with Gasteiger partial charge in [-0.3, -0.25) is 14.4 Å². The number of hydrogen-bond acceptors (Lipinski definition) is 5. The lowest BCUT2D eigenvalue weighted by Crippen LogP contribution is -2.67. The number of likely N-dealkylation sites (tertiary alicyclic amines) is 1. The molecule has 7 fully saturated rings. The number of hydrogen-bond donors (Lipinski definition) is 2. The summed E-state index contributed by atoms with van der Waals surface area (Å²) in [6, 6.07) is 6.45. The minimum absolute atomic E-state index is 0.0690. The van der Waals surface area contributed by atoms with Crippen molar-refractivity contribution in [1.82, 2.24) is 14.9 Å². The van der Waals surface area contributed by atoms with Gasteiger partial charge in [-0.15, -0.1) is 0 Å². The fourth-order valence-electron chi connectivity index (χ4n) is 16.0. The quantitative estimate of drug-likeness (QED) is 0.257. The predicted molar refractivity (Wildman–Crippen MR) is 225 cm³/mol. The average molecular weight is 812 g/mol. The van der Waals surface area contributed by atoms with Crippen LogP contribution in [0.15, 0.2) is 30.5 Å². The van der Waals surface area contributed by atoms with Gasteiger partial charge in [0.15, 0.2) is 0 Å². The molecular weight excluding hydrogens is 742 g/mol. The summed E-state index contributed by atoms with van der Waals surface area (Å²) in [5, 5.41) is 9.68. The number of benzene rings is 1. The Bertz CT molecular complexity index is 2000. The zero-order chi connectivity index (χ0) is 42.1. The molecule has 1 aromatic heterocycles. The lowest BCUT2D eigenvalue weighted by molar-refractivity contribution is -0.251. The third-order valence-electron chi connectivity index (χ3n) is 19.8. The second-order valence-corrected chi connectivity index (χ2v) is 23.2. The molecule has 0 spiro atoms. The Morgan fingerprint density at radius 3 is 2.27 bits per heavy atom. The highest BCUT2D eigenvalue weighted by molar-refractivity contribution is 5.85. The summed E-state index contributed by atoms with van der Waals surface area (Å²) in [5.74, 6) is 2.02. The maximum Gasteiger partial charge on any atom is 0.309 e. The Kier molecular flexibility index (Phi) is 9.51. The molecular formula is C50H70FN3O5. The van der Waals surface area contributed by atoms with Crippen LogP contribution < -0.4 is 0 Å². The predicted octanol–water partition coefficient (Wildman–Crippen LogP) is 11.2. The van der Waals surface area contributed by atoms with E-state index in [0.717, 1.165) is 87.8 Å². The number of nitrogens with zero attached hydrogens (tertiary/aromatic N) is 2. The van der Waals surface area contributed by atoms with E-state index in [2.05, 4.69) is 51.4 Å². The molecule has 2 N–H and O–H groups in total. The summed E-state index contributed by atoms with van der Waals surface area (Å²) in [5.41, 5.74) is 0.741. The van der Waals surface area contributed by atoms with Crippen molar-refractivity contribution in [2.45, 2.75) is 164 Å². The number of aromatic amines is 1. The molecule has 7 aliphatic rings. The van der Waals surface area contributed by atoms with Crippen LogP contribution in [0.5, 0.6) is 0 Å². The Morgan fingerprint density at radius 2 is 1.58 bits per heavy atom. The van der Waals surface area contributed by atoms with Gasteiger partial charge < -0.3 is 19.7 Å². The van der Waals surface area contributed by atoms with E-state index in [1.165, 1.54) is 37.8 Å². The number of amides is 1. The molecule has 8 nitrogen and oxygen atoms in total. The van der Waals surface area contributed by atoms with Gasteiger partial charge in [0.05, 0.1) is 35.2 Å². The third kappa shape index (κ3) is 6.05. The second kappa shape index (κ2) is 13.6. The number of carboxylic acid groups (broad SMARTS) is 1. The molecule has 9 heteroatoms. The monoisotopic (exact) mass is 812 g/mol. The maximum atomic E-state index is 15.6. The number of rotatable bonds is 8. The summed E-state index contributed by atoms with van der Waals surface area (Å²) >= 11 is 0. The lowest BCUT2D eigenvalue weighted by atomic mass is 9.32. The summed E-state index contributed by atoms with van der Waals surface area (Å²) in [7, 11) is 0. The zero-order valence-electron chi connectivity index (χ0n) is 37.1. The van der Waals surface area contributed by atoms with Gasteiger partial charge in [-0.1, -0.05) is 41.5 Å². The van der Waals surface area contributed by atoms with E-state index in [-0.39, 0.29) is 51.5 Å². The first kappa shape index (κ1) is 41.1. The van der Waals surface area contributed by atoms with Crippen LogP contribution in [-0.4, -0.2) is 50.5 Å². The highest BCUT2D eigenvalue weighted by Crippen LogP contribution is 2.79. The second-order valence-electron chi connectivity index (χ2n) is 23.2. The van der Waals surface area contributed by atoms with E-state index in [9.17, 15) is 19.1 Å². The minimum Gasteiger partial charge on any atom is -0.481 e. The maximum absolute atomic E-state index is 15.6. The number of carboxylic acids is 1. The average Bonchev–Trinajstić information content (AvgIpc) is 3.56. The molecule has 322 valence electrons. The van der Waals surface area contributed by atoms with Gasteiger partial charge in [0, 0.05) is 12.0 Å². The molecule has 2 heterocycles. The number of ether oxygens (including phenoxy) is 1. The SMILES string of the molecule is CC(C)(CC(=O)O[C@H]1CC[C@]2(C)[C@H]3CC[C@@H]4[C@H]5[C@H](C6(C)CC6)CC[C@]5(C(=O)N5CCC[C@H]5c5ncc(-c6ccc(F)cc6)[nH]5)CC[C@@]4(C)[C@]3(C)CC[C@H]2C1(C)C)C(=O)O. The first-order chi connectivity index (χ1) is 27.7. The van der Waals surface area contributed by atoms with Crippen molar-refractivity contribution in [1.29, 1.82) is 0 Å². The number of aromatic nitrogens is 2. The number of carbonyl (C=O) groups is 3. The molecule has 9 rings (SSSR count). The van der Waals surface area contributed by atoms with E-state index >= 15 is 4.79 Å². The number of nitrogens with one attached hydrogen (secondary N) is 1. The van der Waals surface area contributed by atoms with Gasteiger partial charge in [-0.2, -0.15) is 0 Å². The standard InChI is InChI=1S/C50H70FN3O5/c1-44(2,43(57)58)28-39(55)59-38-19-20-47(6)36(45(38,3)4)18-21-49(8)37(47)16-15-33-40-32(46(5)23-24-46)17-22-50(40,26-25-48(33,49)7)42(56)54-27-9-10-35(54)41-52-29-34(53-41)30-11-13-31(51)14-12-30/h11-14,29,32-33,35-38,40H,9-10,15-28H2,1-8H3,(H,52,53)(H,57,58)/t32-,33-,35+,36+,37-,38+,40-,47+,48-,49-,50+/m1/s1. The molecule has 1 amide bonds. The highest BCUT2D eigenvalue weighted by atomic mass is 19.1. The number of imidazole rings is 1. The van der Waals surface area contributed by atoms with E-state index in [4.69, 9.17) is 9.72 Å². The number of carbonyl (C=O) groups excluding carboxylic acids is 2. The molecule has 2 aromatic rings. The number of H-pyrrole nitrogens is 1. The summed E-state index contributed by atoms with van der Waals surface area (Å²) < 4.78 is 20.0. The molecule has 6 saturated carbocycles. The van der Waals surface area contributed by atoms with Crippen molar-refractivity contribution in [3.63, 3.8) is 0 Å². The van der Waals surface area contributed by atoms with E-state index in [1.54, 1.807) is 26.0 Å². The molecule has 0 bridgehead atoms. The number of aliphatic carboxylic acids is 1. The van der Waals surface area contributed by atoms with Crippen molar-refractivity contribution in [2.24, 2.45) is 67.5 Å². The topological polar surface area (TPSA) is 113 Å². The summed E-state index contributed by atoms with van der Waals surface area (Å²) in [6.45, 7) is 19.0. The van der Waals surface area contributed by atoms with Gasteiger partial charge in [0.1, 0.15) is 17.7 Å². The van der Waals surface area contributed by atoms with Crippen LogP contribution in [0.4, 0.5) is 4.39 Å². The molecule has 0 radical (unpaired) electrons. The van der Waals surface area contributed by atoms with Gasteiger partial charge in [0.25, 0.3) is 0 Å². The van der Waals surface area contributed by atoms with Gasteiger partial charge in [0.2, 0.25) is 5.91 Å². The van der Waals surface area contributed by atoms with Crippen LogP contribution in [0.1, 0.15) is 164 Å². The van der Waals surface area contributed by atoms with Gasteiger partial charge in [-0.25, -0.2) is 9.37 Å². The van der Waals surface area contributed by atoms with Crippen molar-refractivity contribution in [3.05, 3.63) is 42.1 Å². The normalized spacial score (nSPS) is 40.6. The van der Waals surface area contributed by atoms with Gasteiger partial charge in [-0.05, 0) is 185 Å². The number of esters is 1. The largest absolute Gasteiger partial charge is 0.481 e. The Morgan fingerprint density at radius 1 is 0.847 bits per heavy atom. The van der Waals surface area contributed by atoms with Crippen LogP contribution in [0.2, 0.25) is 0 Å². The first-order valence-corrected chi connectivity index (χ1v) is 23.3. The van der Waals surface area contributed by atoms with Gasteiger partial charge >= 0.3 is 11.9 Å². The van der Waals surface area contributed by atoms with Crippen LogP contribution >= 0.6 is 0 Å². The van der Waals surface area contributed by atoms with Crippen molar-refractivity contribution < 1.29 is 28.6 Å². The molecule has 1 saturated heterocycles. The van der Waals surface area contributed by atoms with E-state index < -0.39 is 17.4 Å². The van der Waals surface area contributed by atoms with Crippen LogP contribution in [-0.2, 0) is 19.1 Å². The smallest absolute Gasteiger partial charge is 0.309 e. The van der Waals surface area contributed by atoms with Crippen LogP contribution in [0, 0.1) is 73.3 Å². The highest BCUT2D eigenvalue weighted by Gasteiger charge is 2.74. The van der Waals surface area contributed by atoms with Crippen LogP contribution in [0.25, 0.3) is 11.3 Å². The number of fused-ring (bicyclic) bond motifs is 7. The zero-order valence-corrected chi connectivity index (χ0v) is 37.1. The van der Waals surface area contributed by atoms with E-state index in [0.29, 0.717) is 40.9 Å². The Hall–Kier alpha value is -3.23. The third-order valence-corrected chi connectivity index (χ3v) is 19.8. The molecule has 0 unspecified atom stereocenters. The fourth-order valence-corrected chi connectivity index (χ4v) is 16.0. The lowest BCUT2D eigenvalue weighted by Gasteiger charge is -2.73. The Balaban J connectivity index is 0.988. The van der Waals surface area contributed by atoms with Crippen molar-refractivity contribution >= 4 is 17.8 Å². The van der Waals surface area contributed by atoms with Crippen molar-refractivity contribution in [3.8, 4) is 11.3 Å². The summed E-state index contributed by atoms with van der Waals surface area (Å²) in [6.07, 6.45) is 16.6. The molecule has 1 aromatic carbocycles. The molecule has 6 aliphatic carbocycles. The Labute approximate surface area is 351 Å². The molecule has 1 aliphatic heterocycles. The molecule has 59 heavy (non-hydrogen) atoms. The van der Waals surface area contributed by atoms with E-state index in [1.807, 2.05) is 6.20 Å². The molecule has 11 atom stereocenters. The fraction of sp³-hybridized carbons (Fsp3) is 0.760. The number of halogens is 1. The summed E-state index contributed by atoms with van der Waals surface area (Å²) in [4.78, 5) is 51.3. The first-order valence-electron chi connectivity index (χ1n) is 23.3. The minimum atomic E-state index is -1.16. The van der Waals surface area contributed by atoms with Crippen LogP contribution in [0.3, 0.4) is 0 Å². The van der Waals surface area contributed by atoms with Crippen molar-refractivity contribution in [2.75, 3.05) is 6.54 Å².